The van der Waals surface area contributed by atoms with Gasteiger partial charge in [0.2, 0.25) is 5.76 Å². The lowest BCUT2D eigenvalue weighted by molar-refractivity contribution is -0.123. The van der Waals surface area contributed by atoms with Gasteiger partial charge in [-0.25, -0.2) is 4.79 Å². The summed E-state index contributed by atoms with van der Waals surface area (Å²) in [5.74, 6) is -1.37. The van der Waals surface area contributed by atoms with Crippen molar-refractivity contribution in [2.45, 2.75) is 26.6 Å². The number of benzene rings is 2. The monoisotopic (exact) mass is 469 g/mol. The quantitative estimate of drug-likeness (QED) is 0.333. The van der Waals surface area contributed by atoms with E-state index in [-0.39, 0.29) is 33.1 Å². The highest BCUT2D eigenvalue weighted by Gasteiger charge is 2.26. The molecule has 1 unspecified atom stereocenters. The van der Waals surface area contributed by atoms with Crippen molar-refractivity contribution in [3.63, 3.8) is 0 Å². The molecule has 0 fully saturated rings. The van der Waals surface area contributed by atoms with E-state index in [4.69, 9.17) is 48.7 Å². The summed E-state index contributed by atoms with van der Waals surface area (Å²) in [4.78, 5) is 25.2. The van der Waals surface area contributed by atoms with Gasteiger partial charge in [0, 0.05) is 17.6 Å². The fourth-order valence-corrected chi connectivity index (χ4v) is 3.33. The Morgan fingerprint density at radius 1 is 1.10 bits per heavy atom. The zero-order valence-corrected chi connectivity index (χ0v) is 18.4. The third-order valence-corrected chi connectivity index (χ3v) is 5.29. The normalized spacial score (nSPS) is 12.0. The van der Waals surface area contributed by atoms with Gasteiger partial charge in [-0.15, -0.1) is 0 Å². The van der Waals surface area contributed by atoms with Crippen LogP contribution in [0.2, 0.25) is 15.1 Å². The van der Waals surface area contributed by atoms with Gasteiger partial charge in [0.1, 0.15) is 5.58 Å². The zero-order chi connectivity index (χ0) is 21.8. The highest BCUT2D eigenvalue weighted by Crippen LogP contribution is 2.32. The SMILES string of the molecule is CCOCc1c(C(=O)OC(C)C(=O)Nc2cc(Cl)c(Cl)cc2Cl)oc2ccccc12. The molecule has 2 aromatic carbocycles. The number of ether oxygens (including phenoxy) is 2. The molecule has 3 aromatic rings. The third-order valence-electron chi connectivity index (χ3n) is 4.26. The van der Waals surface area contributed by atoms with E-state index in [0.29, 0.717) is 17.8 Å². The molecule has 1 N–H and O–H groups in total. The second-order valence-electron chi connectivity index (χ2n) is 6.33. The average molecular weight is 471 g/mol. The van der Waals surface area contributed by atoms with Crippen molar-refractivity contribution in [1.29, 1.82) is 0 Å². The minimum absolute atomic E-state index is 0.00290. The lowest BCUT2D eigenvalue weighted by Gasteiger charge is -2.14. The maximum atomic E-state index is 12.7. The van der Waals surface area contributed by atoms with Gasteiger partial charge in [0.15, 0.2) is 6.10 Å². The van der Waals surface area contributed by atoms with Crippen LogP contribution in [-0.4, -0.2) is 24.6 Å². The van der Waals surface area contributed by atoms with Gasteiger partial charge in [-0.2, -0.15) is 0 Å². The fraction of sp³-hybridized carbons (Fsp3) is 0.238. The zero-order valence-electron chi connectivity index (χ0n) is 16.1. The van der Waals surface area contributed by atoms with Crippen LogP contribution in [0.4, 0.5) is 5.69 Å². The van der Waals surface area contributed by atoms with Crippen LogP contribution in [0.3, 0.4) is 0 Å². The number of rotatable bonds is 7. The largest absolute Gasteiger partial charge is 0.449 e. The smallest absolute Gasteiger partial charge is 0.375 e. The highest BCUT2D eigenvalue weighted by molar-refractivity contribution is 6.44. The minimum Gasteiger partial charge on any atom is -0.449 e. The molecule has 0 spiro atoms. The predicted octanol–water partition coefficient (Wildman–Crippen LogP) is 6.11. The Hall–Kier alpha value is -2.25. The lowest BCUT2D eigenvalue weighted by Crippen LogP contribution is -2.30. The van der Waals surface area contributed by atoms with Gasteiger partial charge in [0.05, 0.1) is 27.4 Å². The van der Waals surface area contributed by atoms with Crippen LogP contribution in [0, 0.1) is 0 Å². The van der Waals surface area contributed by atoms with E-state index in [9.17, 15) is 9.59 Å². The molecule has 1 atom stereocenters. The molecule has 9 heteroatoms. The first kappa shape index (κ1) is 22.4. The molecule has 1 heterocycles. The molecule has 0 radical (unpaired) electrons. The predicted molar refractivity (Wildman–Crippen MR) is 117 cm³/mol. The van der Waals surface area contributed by atoms with Gasteiger partial charge in [0.25, 0.3) is 5.91 Å². The molecule has 0 aliphatic carbocycles. The van der Waals surface area contributed by atoms with E-state index >= 15 is 0 Å². The molecule has 0 saturated heterocycles. The van der Waals surface area contributed by atoms with Crippen LogP contribution < -0.4 is 5.32 Å². The Bertz CT molecular complexity index is 1100. The van der Waals surface area contributed by atoms with E-state index in [0.717, 1.165) is 5.39 Å². The number of amides is 1. The molecule has 3 rings (SSSR count). The molecule has 30 heavy (non-hydrogen) atoms. The van der Waals surface area contributed by atoms with Gasteiger partial charge in [-0.1, -0.05) is 53.0 Å². The van der Waals surface area contributed by atoms with E-state index in [1.54, 1.807) is 12.1 Å². The molecule has 158 valence electrons. The number of hydrogen-bond donors (Lipinski definition) is 1. The number of para-hydroxylation sites is 1. The molecule has 0 bridgehead atoms. The molecular formula is C21H18Cl3NO5. The topological polar surface area (TPSA) is 77.8 Å². The first-order chi connectivity index (χ1) is 14.3. The number of furan rings is 1. The molecule has 0 saturated carbocycles. The van der Waals surface area contributed by atoms with Crippen molar-refractivity contribution < 1.29 is 23.5 Å². The molecule has 1 aromatic heterocycles. The summed E-state index contributed by atoms with van der Waals surface area (Å²) < 4.78 is 16.4. The third kappa shape index (κ3) is 4.90. The van der Waals surface area contributed by atoms with E-state index < -0.39 is 18.0 Å². The van der Waals surface area contributed by atoms with Crippen molar-refractivity contribution >= 4 is 63.3 Å². The van der Waals surface area contributed by atoms with Crippen molar-refractivity contribution in [3.05, 3.63) is 62.8 Å². The van der Waals surface area contributed by atoms with Crippen molar-refractivity contribution in [2.24, 2.45) is 0 Å². The second kappa shape index (κ2) is 9.71. The number of carbonyl (C=O) groups excluding carboxylic acids is 2. The average Bonchev–Trinajstić information content (AvgIpc) is 3.09. The van der Waals surface area contributed by atoms with Gasteiger partial charge in [-0.3, -0.25) is 4.79 Å². The van der Waals surface area contributed by atoms with Crippen LogP contribution in [0.25, 0.3) is 11.0 Å². The van der Waals surface area contributed by atoms with Gasteiger partial charge < -0.3 is 19.2 Å². The number of carbonyl (C=O) groups is 2. The molecule has 0 aliphatic rings. The van der Waals surface area contributed by atoms with E-state index in [1.165, 1.54) is 19.1 Å². The number of nitrogens with one attached hydrogen (secondary N) is 1. The van der Waals surface area contributed by atoms with Crippen LogP contribution in [-0.2, 0) is 20.9 Å². The second-order valence-corrected chi connectivity index (χ2v) is 7.55. The number of anilines is 1. The van der Waals surface area contributed by atoms with Crippen LogP contribution in [0.1, 0.15) is 30.0 Å². The number of halogens is 3. The molecule has 1 amide bonds. The Labute approximate surface area is 188 Å². The fourth-order valence-electron chi connectivity index (χ4n) is 2.73. The van der Waals surface area contributed by atoms with Crippen LogP contribution in [0.5, 0.6) is 0 Å². The molecular weight excluding hydrogens is 453 g/mol. The molecule has 0 aliphatic heterocycles. The van der Waals surface area contributed by atoms with Crippen LogP contribution in [0.15, 0.2) is 40.8 Å². The van der Waals surface area contributed by atoms with Crippen LogP contribution >= 0.6 is 34.8 Å². The minimum atomic E-state index is -1.13. The van der Waals surface area contributed by atoms with Crippen molar-refractivity contribution in [1.82, 2.24) is 0 Å². The van der Waals surface area contributed by atoms with E-state index in [1.807, 2.05) is 19.1 Å². The summed E-state index contributed by atoms with van der Waals surface area (Å²) in [5.41, 5.74) is 1.34. The Balaban J connectivity index is 1.77. The first-order valence-corrected chi connectivity index (χ1v) is 10.2. The van der Waals surface area contributed by atoms with Crippen molar-refractivity contribution in [2.75, 3.05) is 11.9 Å². The standard InChI is InChI=1S/C21H18Cl3NO5/c1-3-28-10-13-12-6-4-5-7-18(12)30-19(13)21(27)29-11(2)20(26)25-17-9-15(23)14(22)8-16(17)24/h4-9,11H,3,10H2,1-2H3,(H,25,26). The summed E-state index contributed by atoms with van der Waals surface area (Å²) in [6.07, 6.45) is -1.13. The van der Waals surface area contributed by atoms with Crippen molar-refractivity contribution in [3.8, 4) is 0 Å². The lowest BCUT2D eigenvalue weighted by atomic mass is 10.1. The summed E-state index contributed by atoms with van der Waals surface area (Å²) in [6, 6.07) is 10.0. The Kier molecular flexibility index (Phi) is 7.26. The van der Waals surface area contributed by atoms with Gasteiger partial charge >= 0.3 is 5.97 Å². The Morgan fingerprint density at radius 2 is 1.80 bits per heavy atom. The summed E-state index contributed by atoms with van der Waals surface area (Å²) >= 11 is 17.9. The summed E-state index contributed by atoms with van der Waals surface area (Å²) in [6.45, 7) is 3.93. The maximum Gasteiger partial charge on any atom is 0.375 e. The maximum absolute atomic E-state index is 12.7. The highest BCUT2D eigenvalue weighted by atomic mass is 35.5. The summed E-state index contributed by atoms with van der Waals surface area (Å²) in [5, 5.41) is 3.99. The first-order valence-electron chi connectivity index (χ1n) is 9.06. The molecule has 6 nitrogen and oxygen atoms in total. The Morgan fingerprint density at radius 3 is 2.53 bits per heavy atom. The van der Waals surface area contributed by atoms with Gasteiger partial charge in [-0.05, 0) is 32.0 Å². The number of esters is 1. The van der Waals surface area contributed by atoms with E-state index in [2.05, 4.69) is 5.32 Å². The summed E-state index contributed by atoms with van der Waals surface area (Å²) in [7, 11) is 0. The number of fused-ring (bicyclic) bond motifs is 1. The number of hydrogen-bond acceptors (Lipinski definition) is 5.